The Morgan fingerprint density at radius 3 is 2.73 bits per heavy atom. The van der Waals surface area contributed by atoms with Gasteiger partial charge in [-0.3, -0.25) is 4.79 Å². The molecule has 4 heteroatoms. The van der Waals surface area contributed by atoms with Gasteiger partial charge in [0, 0.05) is 24.4 Å². The van der Waals surface area contributed by atoms with Crippen LogP contribution in [0.25, 0.3) is 10.9 Å². The monoisotopic (exact) mass is 294 g/mol. The number of aromatic nitrogens is 1. The first-order valence-electron chi connectivity index (χ1n) is 7.21. The number of nitrogens with one attached hydrogen (secondary N) is 1. The third-order valence-electron chi connectivity index (χ3n) is 3.73. The Hall–Kier alpha value is -2.59. The van der Waals surface area contributed by atoms with Gasteiger partial charge in [-0.1, -0.05) is 36.4 Å². The highest BCUT2D eigenvalue weighted by Gasteiger charge is 2.13. The van der Waals surface area contributed by atoms with Crippen LogP contribution in [0.15, 0.2) is 60.8 Å². The van der Waals surface area contributed by atoms with Crippen LogP contribution in [0.2, 0.25) is 0 Å². The third-order valence-corrected chi connectivity index (χ3v) is 3.73. The lowest BCUT2D eigenvalue weighted by Gasteiger charge is -2.11. The lowest BCUT2D eigenvalue weighted by Crippen LogP contribution is -2.15. The quantitative estimate of drug-likeness (QED) is 0.776. The van der Waals surface area contributed by atoms with Crippen molar-refractivity contribution in [3.63, 3.8) is 0 Å². The van der Waals surface area contributed by atoms with E-state index in [9.17, 15) is 9.90 Å². The van der Waals surface area contributed by atoms with Gasteiger partial charge in [0.15, 0.2) is 0 Å². The summed E-state index contributed by atoms with van der Waals surface area (Å²) in [5.74, 6) is -0.204. The first-order valence-corrected chi connectivity index (χ1v) is 7.21. The van der Waals surface area contributed by atoms with E-state index in [2.05, 4.69) is 5.32 Å². The second-order valence-electron chi connectivity index (χ2n) is 5.38. The number of aryl methyl sites for hydroxylation is 1. The summed E-state index contributed by atoms with van der Waals surface area (Å²) in [7, 11) is 1.97. The molecule has 1 heterocycles. The van der Waals surface area contributed by atoms with Gasteiger partial charge in [-0.2, -0.15) is 0 Å². The van der Waals surface area contributed by atoms with Crippen LogP contribution < -0.4 is 5.32 Å². The van der Waals surface area contributed by atoms with Gasteiger partial charge in [0.05, 0.1) is 12.5 Å². The highest BCUT2D eigenvalue weighted by molar-refractivity contribution is 5.94. The van der Waals surface area contributed by atoms with Crippen molar-refractivity contribution in [3.8, 4) is 0 Å². The van der Waals surface area contributed by atoms with Crippen molar-refractivity contribution < 1.29 is 9.90 Å². The number of nitrogens with zero attached hydrogens (tertiary/aromatic N) is 1. The normalized spacial score (nSPS) is 12.3. The van der Waals surface area contributed by atoms with Crippen LogP contribution in [0.1, 0.15) is 18.1 Å². The lowest BCUT2D eigenvalue weighted by molar-refractivity contribution is -0.118. The minimum atomic E-state index is -0.792. The summed E-state index contributed by atoms with van der Waals surface area (Å²) in [6, 6.07) is 17.0. The molecule has 1 atom stereocenters. The molecule has 0 saturated carbocycles. The van der Waals surface area contributed by atoms with Gasteiger partial charge in [-0.15, -0.1) is 0 Å². The average molecular weight is 294 g/mol. The number of carbonyl (C=O) groups is 1. The summed E-state index contributed by atoms with van der Waals surface area (Å²) in [4.78, 5) is 12.1. The largest absolute Gasteiger partial charge is 0.388 e. The maximum absolute atomic E-state index is 12.1. The highest BCUT2D eigenvalue weighted by atomic mass is 16.3. The minimum Gasteiger partial charge on any atom is -0.388 e. The van der Waals surface area contributed by atoms with E-state index in [-0.39, 0.29) is 12.3 Å². The Bertz CT molecular complexity index is 793. The smallest absolute Gasteiger partial charge is 0.227 e. The molecule has 1 unspecified atom stereocenters. The topological polar surface area (TPSA) is 54.3 Å². The van der Waals surface area contributed by atoms with Gasteiger partial charge in [0.25, 0.3) is 0 Å². The molecular weight excluding hydrogens is 276 g/mol. The van der Waals surface area contributed by atoms with Gasteiger partial charge in [0.2, 0.25) is 5.91 Å². The van der Waals surface area contributed by atoms with Crippen molar-refractivity contribution in [1.29, 1.82) is 0 Å². The van der Waals surface area contributed by atoms with Crippen LogP contribution in [-0.4, -0.2) is 15.6 Å². The van der Waals surface area contributed by atoms with E-state index in [1.54, 1.807) is 0 Å². The van der Waals surface area contributed by atoms with Gasteiger partial charge in [0.1, 0.15) is 0 Å². The van der Waals surface area contributed by atoms with Gasteiger partial charge >= 0.3 is 0 Å². The van der Waals surface area contributed by atoms with E-state index in [1.165, 1.54) is 0 Å². The molecule has 0 fully saturated rings. The highest BCUT2D eigenvalue weighted by Crippen LogP contribution is 2.21. The Balaban J connectivity index is 1.69. The van der Waals surface area contributed by atoms with E-state index < -0.39 is 6.10 Å². The molecule has 1 aromatic heterocycles. The molecule has 3 aromatic rings. The standard InChI is InChI=1S/C18H18N2O2/c1-20-10-9-13-7-8-15(11-16(13)20)19-18(22)12-17(21)14-5-3-2-4-6-14/h2-11,17,21H,12H2,1H3,(H,19,22). The van der Waals surface area contributed by atoms with Crippen molar-refractivity contribution in [2.75, 3.05) is 5.32 Å². The molecule has 112 valence electrons. The fourth-order valence-electron chi connectivity index (χ4n) is 2.52. The number of anilines is 1. The summed E-state index contributed by atoms with van der Waals surface area (Å²) in [5.41, 5.74) is 2.54. The van der Waals surface area contributed by atoms with E-state index in [0.717, 1.165) is 22.2 Å². The molecule has 0 saturated heterocycles. The number of fused-ring (bicyclic) bond motifs is 1. The van der Waals surface area contributed by atoms with Crippen molar-refractivity contribution >= 4 is 22.5 Å². The zero-order chi connectivity index (χ0) is 15.5. The fourth-order valence-corrected chi connectivity index (χ4v) is 2.52. The van der Waals surface area contributed by atoms with Gasteiger partial charge in [-0.25, -0.2) is 0 Å². The molecule has 0 radical (unpaired) electrons. The molecule has 22 heavy (non-hydrogen) atoms. The van der Waals surface area contributed by atoms with E-state index >= 15 is 0 Å². The zero-order valence-electron chi connectivity index (χ0n) is 12.4. The maximum Gasteiger partial charge on any atom is 0.227 e. The first kappa shape index (κ1) is 14.4. The van der Waals surface area contributed by atoms with Crippen molar-refractivity contribution in [3.05, 3.63) is 66.4 Å². The minimum absolute atomic E-state index is 0.0369. The third kappa shape index (κ3) is 3.02. The number of amides is 1. The molecule has 2 aromatic carbocycles. The number of aliphatic hydroxyl groups excluding tert-OH is 1. The van der Waals surface area contributed by atoms with E-state index in [1.807, 2.05) is 72.4 Å². The molecule has 0 spiro atoms. The Morgan fingerprint density at radius 2 is 1.95 bits per heavy atom. The summed E-state index contributed by atoms with van der Waals surface area (Å²) >= 11 is 0. The maximum atomic E-state index is 12.1. The summed E-state index contributed by atoms with van der Waals surface area (Å²) in [6.07, 6.45) is 1.23. The SMILES string of the molecule is Cn1ccc2ccc(NC(=O)CC(O)c3ccccc3)cc21. The summed E-state index contributed by atoms with van der Waals surface area (Å²) in [6.45, 7) is 0. The molecule has 0 aliphatic carbocycles. The number of aliphatic hydroxyl groups is 1. The molecule has 0 aliphatic rings. The van der Waals surface area contributed by atoms with Crippen molar-refractivity contribution in [2.24, 2.45) is 7.05 Å². The van der Waals surface area contributed by atoms with Crippen LogP contribution >= 0.6 is 0 Å². The van der Waals surface area contributed by atoms with E-state index in [4.69, 9.17) is 0 Å². The predicted molar refractivity (Wildman–Crippen MR) is 87.6 cm³/mol. The molecule has 0 bridgehead atoms. The van der Waals surface area contributed by atoms with Crippen molar-refractivity contribution in [2.45, 2.75) is 12.5 Å². The van der Waals surface area contributed by atoms with Crippen LogP contribution in [-0.2, 0) is 11.8 Å². The molecule has 2 N–H and O–H groups in total. The first-order chi connectivity index (χ1) is 10.6. The number of rotatable bonds is 4. The number of hydrogen-bond donors (Lipinski definition) is 2. The zero-order valence-corrected chi connectivity index (χ0v) is 12.4. The Morgan fingerprint density at radius 1 is 1.18 bits per heavy atom. The van der Waals surface area contributed by atoms with Crippen molar-refractivity contribution in [1.82, 2.24) is 4.57 Å². The molecule has 0 aliphatic heterocycles. The van der Waals surface area contributed by atoms with Gasteiger partial charge < -0.3 is 15.0 Å². The molecular formula is C18H18N2O2. The number of hydrogen-bond acceptors (Lipinski definition) is 2. The van der Waals surface area contributed by atoms with E-state index in [0.29, 0.717) is 0 Å². The molecule has 4 nitrogen and oxygen atoms in total. The average Bonchev–Trinajstić information content (AvgIpc) is 2.89. The molecule has 3 rings (SSSR count). The summed E-state index contributed by atoms with van der Waals surface area (Å²) < 4.78 is 2.00. The number of carbonyl (C=O) groups excluding carboxylic acids is 1. The Labute approximate surface area is 129 Å². The second kappa shape index (κ2) is 6.03. The number of benzene rings is 2. The van der Waals surface area contributed by atoms with Crippen LogP contribution in [0.5, 0.6) is 0 Å². The fraction of sp³-hybridized carbons (Fsp3) is 0.167. The van der Waals surface area contributed by atoms with Crippen LogP contribution in [0.4, 0.5) is 5.69 Å². The second-order valence-corrected chi connectivity index (χ2v) is 5.38. The van der Waals surface area contributed by atoms with Gasteiger partial charge in [-0.05, 0) is 29.1 Å². The van der Waals surface area contributed by atoms with Crippen LogP contribution in [0, 0.1) is 0 Å². The lowest BCUT2D eigenvalue weighted by atomic mass is 10.1. The van der Waals surface area contributed by atoms with Crippen LogP contribution in [0.3, 0.4) is 0 Å². The molecule has 1 amide bonds. The predicted octanol–water partition coefficient (Wildman–Crippen LogP) is 3.24. The Kier molecular flexibility index (Phi) is 3.94. The summed E-state index contributed by atoms with van der Waals surface area (Å²) in [5, 5.41) is 14.1.